The van der Waals surface area contributed by atoms with E-state index in [1.165, 1.54) is 26.2 Å². The van der Waals surface area contributed by atoms with Crippen LogP contribution in [0.5, 0.6) is 0 Å². The zero-order valence-corrected chi connectivity index (χ0v) is 16.9. The minimum absolute atomic E-state index is 0.00179. The molecule has 0 radical (unpaired) electrons. The van der Waals surface area contributed by atoms with E-state index in [-0.39, 0.29) is 30.3 Å². The van der Waals surface area contributed by atoms with Gasteiger partial charge < -0.3 is 5.32 Å². The average Bonchev–Trinajstić information content (AvgIpc) is 2.95. The van der Waals surface area contributed by atoms with Gasteiger partial charge in [0, 0.05) is 33.6 Å². The maximum absolute atomic E-state index is 12.3. The van der Waals surface area contributed by atoms with Crippen LogP contribution in [0.4, 0.5) is 0 Å². The summed E-state index contributed by atoms with van der Waals surface area (Å²) in [5.74, 6) is -1.10. The number of fused-ring (bicyclic) bond motifs is 1. The summed E-state index contributed by atoms with van der Waals surface area (Å²) < 4.78 is 25.2. The van der Waals surface area contributed by atoms with Crippen LogP contribution < -0.4 is 5.32 Å². The Balaban J connectivity index is 1.52. The summed E-state index contributed by atoms with van der Waals surface area (Å²) in [4.78, 5) is 37.9. The van der Waals surface area contributed by atoms with E-state index < -0.39 is 21.8 Å². The first-order valence-corrected chi connectivity index (χ1v) is 10.4. The Kier molecular flexibility index (Phi) is 5.81. The monoisotopic (exact) mass is 415 g/mol. The van der Waals surface area contributed by atoms with E-state index in [1.54, 1.807) is 36.4 Å². The highest BCUT2D eigenvalue weighted by Crippen LogP contribution is 2.22. The molecule has 0 bridgehead atoms. The Bertz CT molecular complexity index is 1030. The van der Waals surface area contributed by atoms with Crippen molar-refractivity contribution in [2.75, 3.05) is 20.6 Å². The van der Waals surface area contributed by atoms with Crippen molar-refractivity contribution in [3.8, 4) is 0 Å². The zero-order valence-electron chi connectivity index (χ0n) is 16.1. The van der Waals surface area contributed by atoms with Gasteiger partial charge in [0.15, 0.2) is 0 Å². The second kappa shape index (κ2) is 8.14. The van der Waals surface area contributed by atoms with E-state index in [1.807, 2.05) is 0 Å². The lowest BCUT2D eigenvalue weighted by Crippen LogP contribution is -2.34. The lowest BCUT2D eigenvalue weighted by molar-refractivity contribution is -0.121. The standard InChI is InChI=1S/C20H21N3O5S/c1-22(2)29(27,28)15-9-7-14(8-10-15)13-21-18(24)11-12-23-19(25)16-5-3-4-6-17(16)20(23)26/h3-10H,11-13H2,1-2H3,(H,21,24). The van der Waals surface area contributed by atoms with Crippen molar-refractivity contribution >= 4 is 27.7 Å². The van der Waals surface area contributed by atoms with Crippen LogP contribution in [0, 0.1) is 0 Å². The highest BCUT2D eigenvalue weighted by molar-refractivity contribution is 7.89. The lowest BCUT2D eigenvalue weighted by Gasteiger charge is -2.14. The van der Waals surface area contributed by atoms with E-state index in [0.717, 1.165) is 14.8 Å². The van der Waals surface area contributed by atoms with Crippen LogP contribution in [0.1, 0.15) is 32.7 Å². The molecule has 152 valence electrons. The minimum Gasteiger partial charge on any atom is -0.352 e. The first-order valence-electron chi connectivity index (χ1n) is 8.95. The van der Waals surface area contributed by atoms with Gasteiger partial charge in [-0.2, -0.15) is 0 Å². The highest BCUT2D eigenvalue weighted by atomic mass is 32.2. The third-order valence-electron chi connectivity index (χ3n) is 4.63. The second-order valence-electron chi connectivity index (χ2n) is 6.77. The number of imide groups is 1. The molecule has 29 heavy (non-hydrogen) atoms. The van der Waals surface area contributed by atoms with Gasteiger partial charge in [-0.3, -0.25) is 19.3 Å². The van der Waals surface area contributed by atoms with Gasteiger partial charge in [-0.15, -0.1) is 0 Å². The maximum Gasteiger partial charge on any atom is 0.261 e. The molecule has 3 rings (SSSR count). The van der Waals surface area contributed by atoms with Crippen LogP contribution in [0.3, 0.4) is 0 Å². The van der Waals surface area contributed by atoms with Gasteiger partial charge in [-0.05, 0) is 29.8 Å². The van der Waals surface area contributed by atoms with Crippen LogP contribution in [0.25, 0.3) is 0 Å². The van der Waals surface area contributed by atoms with Crippen molar-refractivity contribution in [1.82, 2.24) is 14.5 Å². The van der Waals surface area contributed by atoms with Crippen molar-refractivity contribution in [3.05, 3.63) is 65.2 Å². The van der Waals surface area contributed by atoms with Gasteiger partial charge in [0.1, 0.15) is 0 Å². The fourth-order valence-corrected chi connectivity index (χ4v) is 3.84. The molecule has 2 aromatic rings. The summed E-state index contributed by atoms with van der Waals surface area (Å²) >= 11 is 0. The fourth-order valence-electron chi connectivity index (χ4n) is 2.93. The molecule has 0 saturated carbocycles. The zero-order chi connectivity index (χ0) is 21.2. The molecule has 0 unspecified atom stereocenters. The number of nitrogens with zero attached hydrogens (tertiary/aromatic N) is 2. The Morgan fingerprint density at radius 2 is 1.52 bits per heavy atom. The lowest BCUT2D eigenvalue weighted by atomic mass is 10.1. The van der Waals surface area contributed by atoms with Crippen molar-refractivity contribution < 1.29 is 22.8 Å². The SMILES string of the molecule is CN(C)S(=O)(=O)c1ccc(CNC(=O)CCN2C(=O)c3ccccc3C2=O)cc1. The number of hydrogen-bond donors (Lipinski definition) is 1. The summed E-state index contributed by atoms with van der Waals surface area (Å²) in [6, 6.07) is 12.8. The Morgan fingerprint density at radius 3 is 2.03 bits per heavy atom. The summed E-state index contributed by atoms with van der Waals surface area (Å²) in [6.45, 7) is 0.210. The van der Waals surface area contributed by atoms with Crippen molar-refractivity contribution in [2.45, 2.75) is 17.9 Å². The molecule has 3 amide bonds. The van der Waals surface area contributed by atoms with Gasteiger partial charge >= 0.3 is 0 Å². The number of hydrogen-bond acceptors (Lipinski definition) is 5. The summed E-state index contributed by atoms with van der Waals surface area (Å²) in [7, 11) is -0.587. The number of rotatable bonds is 7. The van der Waals surface area contributed by atoms with E-state index in [4.69, 9.17) is 0 Å². The van der Waals surface area contributed by atoms with Gasteiger partial charge in [-0.1, -0.05) is 24.3 Å². The minimum atomic E-state index is -3.50. The van der Waals surface area contributed by atoms with Crippen molar-refractivity contribution in [1.29, 1.82) is 0 Å². The number of benzene rings is 2. The predicted octanol–water partition coefficient (Wildman–Crippen LogP) is 1.24. The molecule has 9 heteroatoms. The molecule has 0 fully saturated rings. The van der Waals surface area contributed by atoms with Gasteiger partial charge in [0.2, 0.25) is 15.9 Å². The largest absolute Gasteiger partial charge is 0.352 e. The second-order valence-corrected chi connectivity index (χ2v) is 8.92. The average molecular weight is 415 g/mol. The fraction of sp³-hybridized carbons (Fsp3) is 0.250. The summed E-state index contributed by atoms with van der Waals surface area (Å²) in [5, 5.41) is 2.71. The van der Waals surface area contributed by atoms with Crippen molar-refractivity contribution in [2.24, 2.45) is 0 Å². The molecule has 0 aliphatic carbocycles. The molecule has 2 aromatic carbocycles. The maximum atomic E-state index is 12.3. The van der Waals surface area contributed by atoms with E-state index in [0.29, 0.717) is 11.1 Å². The van der Waals surface area contributed by atoms with Crippen LogP contribution in [-0.2, 0) is 21.4 Å². The molecule has 0 atom stereocenters. The normalized spacial score (nSPS) is 13.7. The third-order valence-corrected chi connectivity index (χ3v) is 6.46. The quantitative estimate of drug-likeness (QED) is 0.685. The van der Waals surface area contributed by atoms with Gasteiger partial charge in [0.25, 0.3) is 11.8 Å². The van der Waals surface area contributed by atoms with Gasteiger partial charge in [0.05, 0.1) is 16.0 Å². The summed E-state index contributed by atoms with van der Waals surface area (Å²) in [6.07, 6.45) is -0.0153. The molecule has 1 N–H and O–H groups in total. The topological polar surface area (TPSA) is 104 Å². The molecule has 1 aliphatic heterocycles. The van der Waals surface area contributed by atoms with E-state index in [9.17, 15) is 22.8 Å². The first kappa shape index (κ1) is 20.7. The summed E-state index contributed by atoms with van der Waals surface area (Å²) in [5.41, 5.74) is 1.44. The Morgan fingerprint density at radius 1 is 0.966 bits per heavy atom. The smallest absolute Gasteiger partial charge is 0.261 e. The van der Waals surface area contributed by atoms with Gasteiger partial charge in [-0.25, -0.2) is 12.7 Å². The number of carbonyl (C=O) groups is 3. The van der Waals surface area contributed by atoms with E-state index >= 15 is 0 Å². The molecule has 8 nitrogen and oxygen atoms in total. The molecule has 0 spiro atoms. The van der Waals surface area contributed by atoms with Crippen LogP contribution in [0.15, 0.2) is 53.4 Å². The number of nitrogens with one attached hydrogen (secondary N) is 1. The molecular formula is C20H21N3O5S. The molecule has 0 aromatic heterocycles. The van der Waals surface area contributed by atoms with Crippen LogP contribution >= 0.6 is 0 Å². The molecule has 1 heterocycles. The number of sulfonamides is 1. The highest BCUT2D eigenvalue weighted by Gasteiger charge is 2.34. The molecular weight excluding hydrogens is 394 g/mol. The molecule has 1 aliphatic rings. The number of amides is 3. The molecule has 0 saturated heterocycles. The third kappa shape index (κ3) is 4.20. The predicted molar refractivity (Wildman–Crippen MR) is 106 cm³/mol. The number of carbonyl (C=O) groups excluding carboxylic acids is 3. The Labute approximate surface area is 169 Å². The van der Waals surface area contributed by atoms with Crippen LogP contribution in [0.2, 0.25) is 0 Å². The first-order chi connectivity index (χ1) is 13.7. The van der Waals surface area contributed by atoms with Crippen molar-refractivity contribution in [3.63, 3.8) is 0 Å². The Hall–Kier alpha value is -3.04. The van der Waals surface area contributed by atoms with E-state index in [2.05, 4.69) is 5.32 Å². The van der Waals surface area contributed by atoms with Crippen LogP contribution in [-0.4, -0.2) is 56.0 Å².